The molecule has 0 aliphatic carbocycles. The summed E-state index contributed by atoms with van der Waals surface area (Å²) in [7, 11) is 0. The van der Waals surface area contributed by atoms with E-state index in [0.717, 1.165) is 5.56 Å². The van der Waals surface area contributed by atoms with E-state index < -0.39 is 6.10 Å². The summed E-state index contributed by atoms with van der Waals surface area (Å²) in [6.45, 7) is 1.69. The standard InChI is InChI=1S/C15H14ClFO/c1-10-4-2-7-13(15(10)17)14(18)9-11-5-3-6-12(16)8-11/h2-8,14,18H,9H2,1H3. The van der Waals surface area contributed by atoms with Crippen LogP contribution >= 0.6 is 11.6 Å². The lowest BCUT2D eigenvalue weighted by Crippen LogP contribution is -2.05. The fourth-order valence-corrected chi connectivity index (χ4v) is 2.14. The molecule has 2 aromatic carbocycles. The van der Waals surface area contributed by atoms with E-state index in [4.69, 9.17) is 11.6 Å². The van der Waals surface area contributed by atoms with Crippen LogP contribution in [0.4, 0.5) is 4.39 Å². The van der Waals surface area contributed by atoms with Gasteiger partial charge in [0.2, 0.25) is 0 Å². The van der Waals surface area contributed by atoms with Crippen molar-refractivity contribution in [1.82, 2.24) is 0 Å². The first-order valence-corrected chi connectivity index (χ1v) is 6.13. The molecule has 1 N–H and O–H groups in total. The van der Waals surface area contributed by atoms with E-state index in [2.05, 4.69) is 0 Å². The Morgan fingerprint density at radius 2 is 1.94 bits per heavy atom. The molecule has 0 radical (unpaired) electrons. The van der Waals surface area contributed by atoms with E-state index in [-0.39, 0.29) is 5.82 Å². The van der Waals surface area contributed by atoms with Gasteiger partial charge >= 0.3 is 0 Å². The smallest absolute Gasteiger partial charge is 0.131 e. The van der Waals surface area contributed by atoms with Gasteiger partial charge in [-0.05, 0) is 30.2 Å². The summed E-state index contributed by atoms with van der Waals surface area (Å²) in [4.78, 5) is 0. The Bertz CT molecular complexity index is 554. The number of halogens is 2. The van der Waals surface area contributed by atoms with Gasteiger partial charge in [-0.3, -0.25) is 0 Å². The predicted molar refractivity (Wildman–Crippen MR) is 71.3 cm³/mol. The van der Waals surface area contributed by atoms with Gasteiger partial charge in [0, 0.05) is 17.0 Å². The molecule has 0 saturated carbocycles. The molecule has 1 nitrogen and oxygen atoms in total. The van der Waals surface area contributed by atoms with Gasteiger partial charge in [-0.2, -0.15) is 0 Å². The Morgan fingerprint density at radius 3 is 2.67 bits per heavy atom. The molecule has 3 heteroatoms. The maximum Gasteiger partial charge on any atom is 0.131 e. The molecule has 0 spiro atoms. The molecule has 0 amide bonds. The number of aliphatic hydroxyl groups excluding tert-OH is 1. The highest BCUT2D eigenvalue weighted by molar-refractivity contribution is 6.30. The lowest BCUT2D eigenvalue weighted by Gasteiger charge is -2.13. The topological polar surface area (TPSA) is 20.2 Å². The Morgan fingerprint density at radius 1 is 1.22 bits per heavy atom. The minimum Gasteiger partial charge on any atom is -0.388 e. The first-order chi connectivity index (χ1) is 8.58. The number of hydrogen-bond donors (Lipinski definition) is 1. The zero-order valence-electron chi connectivity index (χ0n) is 10.0. The van der Waals surface area contributed by atoms with Crippen molar-refractivity contribution in [3.8, 4) is 0 Å². The highest BCUT2D eigenvalue weighted by atomic mass is 35.5. The quantitative estimate of drug-likeness (QED) is 0.886. The SMILES string of the molecule is Cc1cccc(C(O)Cc2cccc(Cl)c2)c1F. The lowest BCUT2D eigenvalue weighted by molar-refractivity contribution is 0.173. The van der Waals surface area contributed by atoms with Crippen LogP contribution in [0.3, 0.4) is 0 Å². The summed E-state index contributed by atoms with van der Waals surface area (Å²) in [5.41, 5.74) is 1.75. The fourth-order valence-electron chi connectivity index (χ4n) is 1.92. The second-order valence-corrected chi connectivity index (χ2v) is 4.76. The van der Waals surface area contributed by atoms with E-state index in [9.17, 15) is 9.50 Å². The minimum atomic E-state index is -0.858. The predicted octanol–water partition coefficient (Wildman–Crippen LogP) is 4.06. The van der Waals surface area contributed by atoms with Crippen LogP contribution in [-0.2, 0) is 6.42 Å². The third-order valence-corrected chi connectivity index (χ3v) is 3.13. The highest BCUT2D eigenvalue weighted by Crippen LogP contribution is 2.24. The first-order valence-electron chi connectivity index (χ1n) is 5.75. The fraction of sp³-hybridized carbons (Fsp3) is 0.200. The van der Waals surface area contributed by atoms with Crippen LogP contribution in [-0.4, -0.2) is 5.11 Å². The molecule has 2 aromatic rings. The molecule has 0 aliphatic rings. The van der Waals surface area contributed by atoms with Crippen LogP contribution in [0, 0.1) is 12.7 Å². The van der Waals surface area contributed by atoms with Crippen LogP contribution in [0.2, 0.25) is 5.02 Å². The molecule has 0 heterocycles. The van der Waals surface area contributed by atoms with Crippen molar-refractivity contribution < 1.29 is 9.50 Å². The summed E-state index contributed by atoms with van der Waals surface area (Å²) >= 11 is 5.88. The summed E-state index contributed by atoms with van der Waals surface area (Å²) in [6.07, 6.45) is -0.510. The number of rotatable bonds is 3. The Kier molecular flexibility index (Phi) is 4.00. The first kappa shape index (κ1) is 13.1. The number of aliphatic hydroxyl groups is 1. The van der Waals surface area contributed by atoms with Crippen molar-refractivity contribution in [3.05, 3.63) is 70.0 Å². The number of hydrogen-bond acceptors (Lipinski definition) is 1. The van der Waals surface area contributed by atoms with E-state index in [1.165, 1.54) is 0 Å². The Labute approximate surface area is 111 Å². The number of benzene rings is 2. The van der Waals surface area contributed by atoms with Crippen molar-refractivity contribution in [2.45, 2.75) is 19.4 Å². The normalized spacial score (nSPS) is 12.4. The van der Waals surface area contributed by atoms with Crippen molar-refractivity contribution in [2.24, 2.45) is 0 Å². The molecule has 2 rings (SSSR count). The zero-order valence-corrected chi connectivity index (χ0v) is 10.8. The van der Waals surface area contributed by atoms with Gasteiger partial charge in [0.05, 0.1) is 6.10 Å². The summed E-state index contributed by atoms with van der Waals surface area (Å²) in [5, 5.41) is 10.7. The molecular weight excluding hydrogens is 251 g/mol. The molecule has 0 saturated heterocycles. The summed E-state index contributed by atoms with van der Waals surface area (Å²) in [5.74, 6) is -0.341. The highest BCUT2D eigenvalue weighted by Gasteiger charge is 2.14. The van der Waals surface area contributed by atoms with Crippen LogP contribution in [0.1, 0.15) is 22.8 Å². The zero-order chi connectivity index (χ0) is 13.1. The molecule has 0 fully saturated rings. The van der Waals surface area contributed by atoms with Crippen LogP contribution < -0.4 is 0 Å². The third-order valence-electron chi connectivity index (χ3n) is 2.90. The van der Waals surface area contributed by atoms with Gasteiger partial charge < -0.3 is 5.11 Å². The molecule has 0 bridgehead atoms. The maximum atomic E-state index is 13.8. The van der Waals surface area contributed by atoms with E-state index in [1.54, 1.807) is 37.3 Å². The second kappa shape index (κ2) is 5.51. The van der Waals surface area contributed by atoms with Crippen molar-refractivity contribution in [2.75, 3.05) is 0 Å². The summed E-state index contributed by atoms with van der Waals surface area (Å²) in [6, 6.07) is 12.3. The van der Waals surface area contributed by atoms with E-state index in [1.807, 2.05) is 12.1 Å². The summed E-state index contributed by atoms with van der Waals surface area (Å²) < 4.78 is 13.8. The largest absolute Gasteiger partial charge is 0.388 e. The van der Waals surface area contributed by atoms with Gasteiger partial charge in [0.25, 0.3) is 0 Å². The number of aryl methyl sites for hydroxylation is 1. The monoisotopic (exact) mass is 264 g/mol. The van der Waals surface area contributed by atoms with Gasteiger partial charge in [-0.25, -0.2) is 4.39 Å². The van der Waals surface area contributed by atoms with Crippen LogP contribution in [0.25, 0.3) is 0 Å². The second-order valence-electron chi connectivity index (χ2n) is 4.33. The van der Waals surface area contributed by atoms with E-state index in [0.29, 0.717) is 22.6 Å². The van der Waals surface area contributed by atoms with Crippen LogP contribution in [0.5, 0.6) is 0 Å². The molecule has 0 aromatic heterocycles. The maximum absolute atomic E-state index is 13.8. The average Bonchev–Trinajstić information content (AvgIpc) is 2.32. The van der Waals surface area contributed by atoms with Crippen molar-refractivity contribution in [3.63, 3.8) is 0 Å². The van der Waals surface area contributed by atoms with Crippen molar-refractivity contribution >= 4 is 11.6 Å². The Balaban J connectivity index is 2.22. The van der Waals surface area contributed by atoms with E-state index >= 15 is 0 Å². The van der Waals surface area contributed by atoms with Gasteiger partial charge in [0.1, 0.15) is 5.82 Å². The average molecular weight is 265 g/mol. The van der Waals surface area contributed by atoms with Gasteiger partial charge in [-0.1, -0.05) is 41.9 Å². The van der Waals surface area contributed by atoms with Gasteiger partial charge in [-0.15, -0.1) is 0 Å². The third kappa shape index (κ3) is 2.89. The van der Waals surface area contributed by atoms with Crippen molar-refractivity contribution in [1.29, 1.82) is 0 Å². The molecule has 0 aliphatic heterocycles. The molecule has 1 atom stereocenters. The lowest BCUT2D eigenvalue weighted by atomic mass is 9.99. The van der Waals surface area contributed by atoms with Crippen LogP contribution in [0.15, 0.2) is 42.5 Å². The molecular formula is C15H14ClFO. The van der Waals surface area contributed by atoms with Gasteiger partial charge in [0.15, 0.2) is 0 Å². The molecule has 18 heavy (non-hydrogen) atoms. The minimum absolute atomic E-state index is 0.329. The Hall–Kier alpha value is -1.38. The molecule has 94 valence electrons. The molecule has 1 unspecified atom stereocenters.